The molecule has 0 atom stereocenters. The smallest absolute Gasteiger partial charge is 0.226 e. The second-order valence-corrected chi connectivity index (χ2v) is 11.1. The number of aromatic nitrogens is 1. The Labute approximate surface area is 178 Å². The highest BCUT2D eigenvalue weighted by molar-refractivity contribution is 7.98. The number of benzene rings is 2. The van der Waals surface area contributed by atoms with Crippen LogP contribution in [0.2, 0.25) is 0 Å². The van der Waals surface area contributed by atoms with Crippen LogP contribution < -0.4 is 5.32 Å². The molecule has 0 radical (unpaired) electrons. The average molecular weight is 445 g/mol. The first-order valence-electron chi connectivity index (χ1n) is 9.23. The van der Waals surface area contributed by atoms with E-state index in [1.54, 1.807) is 36.0 Å². The first-order valence-corrected chi connectivity index (χ1v) is 12.7. The third-order valence-corrected chi connectivity index (χ3v) is 8.71. The molecule has 2 aromatic carbocycles. The van der Waals surface area contributed by atoms with E-state index in [1.807, 2.05) is 25.1 Å². The van der Waals surface area contributed by atoms with Gasteiger partial charge >= 0.3 is 0 Å². The number of nitrogens with zero attached hydrogens (tertiary/aromatic N) is 1. The number of anilines is 1. The van der Waals surface area contributed by atoms with Crippen LogP contribution in [0.1, 0.15) is 23.3 Å². The molecule has 0 saturated heterocycles. The van der Waals surface area contributed by atoms with Crippen molar-refractivity contribution in [1.29, 1.82) is 0 Å². The van der Waals surface area contributed by atoms with E-state index in [-0.39, 0.29) is 24.5 Å². The molecule has 3 aromatic rings. The lowest BCUT2D eigenvalue weighted by Gasteiger charge is -2.13. The molecular formula is C21H20N2O3S3. The van der Waals surface area contributed by atoms with Crippen LogP contribution in [0.3, 0.4) is 0 Å². The third kappa shape index (κ3) is 4.55. The van der Waals surface area contributed by atoms with E-state index < -0.39 is 9.84 Å². The molecule has 1 N–H and O–H groups in total. The maximum Gasteiger partial charge on any atom is 0.226 e. The van der Waals surface area contributed by atoms with Crippen molar-refractivity contribution >= 4 is 44.0 Å². The van der Waals surface area contributed by atoms with Crippen molar-refractivity contribution in [2.45, 2.75) is 35.3 Å². The van der Waals surface area contributed by atoms with E-state index in [9.17, 15) is 13.2 Å². The molecule has 150 valence electrons. The predicted octanol–water partition coefficient (Wildman–Crippen LogP) is 4.92. The van der Waals surface area contributed by atoms with Crippen LogP contribution in [-0.4, -0.2) is 25.1 Å². The summed E-state index contributed by atoms with van der Waals surface area (Å²) in [6.45, 7) is 1.91. The number of hydrogen-bond donors (Lipinski definition) is 1. The van der Waals surface area contributed by atoms with Gasteiger partial charge in [0.1, 0.15) is 0 Å². The maximum absolute atomic E-state index is 12.4. The molecular weight excluding hydrogens is 424 g/mol. The first-order chi connectivity index (χ1) is 13.9. The summed E-state index contributed by atoms with van der Waals surface area (Å²) in [4.78, 5) is 19.5. The van der Waals surface area contributed by atoms with Gasteiger partial charge in [-0.05, 0) is 31.5 Å². The number of amides is 1. The summed E-state index contributed by atoms with van der Waals surface area (Å²) in [6.07, 6.45) is 0.409. The van der Waals surface area contributed by atoms with Crippen LogP contribution in [0.25, 0.3) is 11.3 Å². The van der Waals surface area contributed by atoms with Gasteiger partial charge in [-0.25, -0.2) is 13.4 Å². The fraction of sp³-hybridized carbons (Fsp3) is 0.238. The van der Waals surface area contributed by atoms with E-state index in [1.165, 1.54) is 16.2 Å². The fourth-order valence-corrected chi connectivity index (χ4v) is 6.54. The molecule has 0 saturated carbocycles. The Morgan fingerprint density at radius 2 is 1.90 bits per heavy atom. The van der Waals surface area contributed by atoms with Gasteiger partial charge in [0.05, 0.1) is 16.3 Å². The molecule has 1 amide bonds. The number of thioether (sulfide) groups is 1. The minimum atomic E-state index is -3.38. The van der Waals surface area contributed by atoms with Crippen molar-refractivity contribution in [3.8, 4) is 11.3 Å². The number of hydrogen-bond acceptors (Lipinski definition) is 6. The van der Waals surface area contributed by atoms with Crippen molar-refractivity contribution in [2.24, 2.45) is 0 Å². The zero-order valence-electron chi connectivity index (χ0n) is 15.8. The van der Waals surface area contributed by atoms with Gasteiger partial charge in [-0.1, -0.05) is 35.9 Å². The number of nitrogens with one attached hydrogen (secondary N) is 1. The Kier molecular flexibility index (Phi) is 5.76. The fourth-order valence-electron chi connectivity index (χ4n) is 3.11. The van der Waals surface area contributed by atoms with Crippen LogP contribution in [0.15, 0.2) is 58.3 Å². The molecule has 0 fully saturated rings. The van der Waals surface area contributed by atoms with Crippen LogP contribution in [-0.2, 0) is 20.4 Å². The molecule has 2 heterocycles. The predicted molar refractivity (Wildman–Crippen MR) is 118 cm³/mol. The quantitative estimate of drug-likeness (QED) is 0.584. The minimum absolute atomic E-state index is 0.0537. The van der Waals surface area contributed by atoms with Crippen LogP contribution in [0.4, 0.5) is 5.13 Å². The minimum Gasteiger partial charge on any atom is -0.302 e. The first kappa shape index (κ1) is 20.1. The van der Waals surface area contributed by atoms with Crippen LogP contribution in [0.5, 0.6) is 0 Å². The normalized spacial score (nSPS) is 12.9. The summed E-state index contributed by atoms with van der Waals surface area (Å²) >= 11 is 3.25. The highest BCUT2D eigenvalue weighted by Gasteiger charge is 2.22. The van der Waals surface area contributed by atoms with Gasteiger partial charge in [-0.2, -0.15) is 0 Å². The molecule has 1 aliphatic heterocycles. The Bertz CT molecular complexity index is 1150. The van der Waals surface area contributed by atoms with E-state index in [0.717, 1.165) is 27.5 Å². The van der Waals surface area contributed by atoms with Gasteiger partial charge in [0, 0.05) is 27.5 Å². The lowest BCUT2D eigenvalue weighted by molar-refractivity contribution is -0.116. The van der Waals surface area contributed by atoms with Crippen molar-refractivity contribution in [2.75, 3.05) is 11.1 Å². The van der Waals surface area contributed by atoms with E-state index in [4.69, 9.17) is 0 Å². The van der Waals surface area contributed by atoms with Gasteiger partial charge in [0.15, 0.2) is 15.0 Å². The molecule has 0 unspecified atom stereocenters. The van der Waals surface area contributed by atoms with Gasteiger partial charge in [0.25, 0.3) is 0 Å². The number of carbonyl (C=O) groups excluding carboxylic acids is 1. The summed E-state index contributed by atoms with van der Waals surface area (Å²) in [5, 5.41) is 3.40. The number of aryl methyl sites for hydroxylation is 1. The summed E-state index contributed by atoms with van der Waals surface area (Å²) in [5.74, 6) is 0.576. The molecule has 0 spiro atoms. The molecule has 0 aliphatic carbocycles. The Balaban J connectivity index is 1.35. The second-order valence-electron chi connectivity index (χ2n) is 6.86. The summed E-state index contributed by atoms with van der Waals surface area (Å²) in [7, 11) is -3.38. The van der Waals surface area contributed by atoms with E-state index in [0.29, 0.717) is 10.0 Å². The maximum atomic E-state index is 12.4. The second kappa shape index (κ2) is 8.30. The molecule has 4 rings (SSSR count). The zero-order valence-corrected chi connectivity index (χ0v) is 18.3. The van der Waals surface area contributed by atoms with E-state index in [2.05, 4.69) is 16.4 Å². The Morgan fingerprint density at radius 3 is 2.69 bits per heavy atom. The van der Waals surface area contributed by atoms with Crippen LogP contribution >= 0.6 is 23.1 Å². The number of thiazole rings is 1. The van der Waals surface area contributed by atoms with Crippen molar-refractivity contribution in [3.05, 3.63) is 59.0 Å². The summed E-state index contributed by atoms with van der Waals surface area (Å²) in [5.41, 5.74) is 3.04. The number of fused-ring (bicyclic) bond motifs is 3. The van der Waals surface area contributed by atoms with E-state index >= 15 is 0 Å². The SMILES string of the molecule is Cc1ccc(S(=O)(=O)CCCC(=O)Nc2nc3c(s2)CSc2ccccc2-3)cc1. The van der Waals surface area contributed by atoms with Crippen molar-refractivity contribution in [3.63, 3.8) is 0 Å². The van der Waals surface area contributed by atoms with Crippen molar-refractivity contribution < 1.29 is 13.2 Å². The number of sulfone groups is 1. The topological polar surface area (TPSA) is 76.1 Å². The number of carbonyl (C=O) groups is 1. The third-order valence-electron chi connectivity index (χ3n) is 4.64. The molecule has 29 heavy (non-hydrogen) atoms. The largest absolute Gasteiger partial charge is 0.302 e. The monoisotopic (exact) mass is 444 g/mol. The van der Waals surface area contributed by atoms with Crippen LogP contribution in [0, 0.1) is 6.92 Å². The summed E-state index contributed by atoms with van der Waals surface area (Å²) < 4.78 is 24.8. The lowest BCUT2D eigenvalue weighted by Crippen LogP contribution is -2.14. The van der Waals surface area contributed by atoms with Gasteiger partial charge < -0.3 is 5.32 Å². The molecule has 1 aromatic heterocycles. The van der Waals surface area contributed by atoms with Gasteiger partial charge in [-0.15, -0.1) is 23.1 Å². The standard InChI is InChI=1S/C21H20N2O3S3/c1-14-8-10-15(11-9-14)29(25,26)12-4-7-19(24)22-21-23-20-16-5-2-3-6-17(16)27-13-18(20)28-21/h2-3,5-6,8-11H,4,7,12-13H2,1H3,(H,22,23,24). The molecule has 1 aliphatic rings. The van der Waals surface area contributed by atoms with Crippen molar-refractivity contribution in [1.82, 2.24) is 4.98 Å². The van der Waals surface area contributed by atoms with Gasteiger partial charge in [-0.3, -0.25) is 4.79 Å². The average Bonchev–Trinajstić information content (AvgIpc) is 3.11. The molecule has 5 nitrogen and oxygen atoms in total. The Hall–Kier alpha value is -2.16. The molecule has 8 heteroatoms. The number of rotatable bonds is 6. The van der Waals surface area contributed by atoms with Gasteiger partial charge in [0.2, 0.25) is 5.91 Å². The molecule has 0 bridgehead atoms. The highest BCUT2D eigenvalue weighted by atomic mass is 32.2. The highest BCUT2D eigenvalue weighted by Crippen LogP contribution is 2.44. The summed E-state index contributed by atoms with van der Waals surface area (Å²) in [6, 6.07) is 14.9. The zero-order chi connectivity index (χ0) is 20.4. The Morgan fingerprint density at radius 1 is 1.14 bits per heavy atom. The lowest BCUT2D eigenvalue weighted by atomic mass is 10.1.